The fourth-order valence-corrected chi connectivity index (χ4v) is 2.97. The minimum absolute atomic E-state index is 0.153. The van der Waals surface area contributed by atoms with E-state index in [1.54, 1.807) is 4.90 Å². The average Bonchev–Trinajstić information content (AvgIpc) is 2.51. The molecule has 3 nitrogen and oxygen atoms in total. The van der Waals surface area contributed by atoms with Gasteiger partial charge >= 0.3 is 0 Å². The Labute approximate surface area is 101 Å². The van der Waals surface area contributed by atoms with Gasteiger partial charge in [-0.05, 0) is 18.4 Å². The third kappa shape index (κ3) is 1.57. The molecule has 1 saturated carbocycles. The lowest BCUT2D eigenvalue weighted by Crippen LogP contribution is -2.44. The Kier molecular flexibility index (Phi) is 2.44. The van der Waals surface area contributed by atoms with Gasteiger partial charge in [0, 0.05) is 13.1 Å². The molecule has 1 aromatic carbocycles. The molecule has 1 aliphatic carbocycles. The van der Waals surface area contributed by atoms with E-state index in [0.29, 0.717) is 13.1 Å². The number of likely N-dealkylation sites (tertiary alicyclic amines) is 1. The number of benzene rings is 1. The van der Waals surface area contributed by atoms with Gasteiger partial charge in [-0.1, -0.05) is 36.8 Å². The number of carbonyl (C=O) groups is 1. The van der Waals surface area contributed by atoms with E-state index in [1.165, 1.54) is 0 Å². The molecule has 1 aliphatic heterocycles. The second-order valence-corrected chi connectivity index (χ2v) is 5.20. The molecular weight excluding hydrogens is 214 g/mol. The Bertz CT molecular complexity index is 425. The largest absolute Gasteiger partial charge is 0.390 e. The van der Waals surface area contributed by atoms with Crippen LogP contribution in [0.3, 0.4) is 0 Å². The number of hydrogen-bond acceptors (Lipinski definition) is 2. The van der Waals surface area contributed by atoms with Gasteiger partial charge in [0.2, 0.25) is 5.91 Å². The molecule has 3 heteroatoms. The van der Waals surface area contributed by atoms with Crippen LogP contribution in [-0.4, -0.2) is 28.6 Å². The summed E-state index contributed by atoms with van der Waals surface area (Å²) in [5, 5.41) is 10.1. The molecule has 1 heterocycles. The van der Waals surface area contributed by atoms with Crippen LogP contribution in [-0.2, 0) is 11.3 Å². The van der Waals surface area contributed by atoms with Crippen LogP contribution in [0.4, 0.5) is 0 Å². The van der Waals surface area contributed by atoms with Crippen molar-refractivity contribution in [3.63, 3.8) is 0 Å². The monoisotopic (exact) mass is 231 g/mol. The van der Waals surface area contributed by atoms with Gasteiger partial charge in [0.25, 0.3) is 0 Å². The van der Waals surface area contributed by atoms with Gasteiger partial charge in [-0.2, -0.15) is 0 Å². The Balaban J connectivity index is 1.76. The van der Waals surface area contributed by atoms with Gasteiger partial charge in [0.1, 0.15) is 0 Å². The highest BCUT2D eigenvalue weighted by Gasteiger charge is 2.56. The normalized spacial score (nSPS) is 26.3. The van der Waals surface area contributed by atoms with E-state index in [1.807, 2.05) is 30.3 Å². The zero-order valence-corrected chi connectivity index (χ0v) is 9.80. The highest BCUT2D eigenvalue weighted by Crippen LogP contribution is 2.49. The first-order valence-electron chi connectivity index (χ1n) is 6.24. The molecule has 2 fully saturated rings. The maximum atomic E-state index is 12.3. The van der Waals surface area contributed by atoms with Crippen LogP contribution in [0.1, 0.15) is 24.8 Å². The van der Waals surface area contributed by atoms with Crippen LogP contribution in [0.15, 0.2) is 30.3 Å². The number of aliphatic hydroxyl groups excluding tert-OH is 1. The summed E-state index contributed by atoms with van der Waals surface area (Å²) in [5.41, 5.74) is 0.707. The molecule has 0 unspecified atom stereocenters. The van der Waals surface area contributed by atoms with Gasteiger partial charge in [0.15, 0.2) is 0 Å². The molecule has 0 radical (unpaired) electrons. The SMILES string of the molecule is O=C1N(Cc2ccccc2)C[C@H](O)C12CCC2. The summed E-state index contributed by atoms with van der Waals surface area (Å²) in [5.74, 6) is 0.153. The molecule has 0 aromatic heterocycles. The summed E-state index contributed by atoms with van der Waals surface area (Å²) in [6, 6.07) is 9.96. The molecule has 17 heavy (non-hydrogen) atoms. The number of hydrogen-bond donors (Lipinski definition) is 1. The lowest BCUT2D eigenvalue weighted by molar-refractivity contribution is -0.143. The van der Waals surface area contributed by atoms with Crippen molar-refractivity contribution in [3.8, 4) is 0 Å². The number of carbonyl (C=O) groups excluding carboxylic acids is 1. The highest BCUT2D eigenvalue weighted by molar-refractivity contribution is 5.86. The van der Waals surface area contributed by atoms with E-state index in [-0.39, 0.29) is 5.91 Å². The maximum Gasteiger partial charge on any atom is 0.231 e. The topological polar surface area (TPSA) is 40.5 Å². The molecular formula is C14H17NO2. The summed E-state index contributed by atoms with van der Waals surface area (Å²) in [6.07, 6.45) is 2.32. The molecule has 1 N–H and O–H groups in total. The Morgan fingerprint density at radius 2 is 2.00 bits per heavy atom. The van der Waals surface area contributed by atoms with Gasteiger partial charge in [-0.15, -0.1) is 0 Å². The number of aliphatic hydroxyl groups is 1. The predicted octanol–water partition coefficient (Wildman–Crippen LogP) is 1.56. The highest BCUT2D eigenvalue weighted by atomic mass is 16.3. The van der Waals surface area contributed by atoms with E-state index in [4.69, 9.17) is 0 Å². The van der Waals surface area contributed by atoms with Crippen LogP contribution in [0.5, 0.6) is 0 Å². The summed E-state index contributed by atoms with van der Waals surface area (Å²) < 4.78 is 0. The fourth-order valence-electron chi connectivity index (χ4n) is 2.97. The smallest absolute Gasteiger partial charge is 0.231 e. The van der Waals surface area contributed by atoms with Crippen molar-refractivity contribution < 1.29 is 9.90 Å². The van der Waals surface area contributed by atoms with E-state index in [0.717, 1.165) is 24.8 Å². The quantitative estimate of drug-likeness (QED) is 0.839. The first-order chi connectivity index (χ1) is 8.22. The van der Waals surface area contributed by atoms with Crippen LogP contribution < -0.4 is 0 Å². The van der Waals surface area contributed by atoms with E-state index in [2.05, 4.69) is 0 Å². The fraction of sp³-hybridized carbons (Fsp3) is 0.500. The van der Waals surface area contributed by atoms with Crippen molar-refractivity contribution in [2.75, 3.05) is 6.54 Å². The van der Waals surface area contributed by atoms with Crippen LogP contribution >= 0.6 is 0 Å². The number of β-amino-alcohol motifs (C(OH)–C–C–N with tert-alkyl or cyclic N) is 1. The van der Waals surface area contributed by atoms with E-state index >= 15 is 0 Å². The lowest BCUT2D eigenvalue weighted by atomic mass is 9.66. The minimum atomic E-state index is -0.465. The lowest BCUT2D eigenvalue weighted by Gasteiger charge is -2.38. The maximum absolute atomic E-state index is 12.3. The summed E-state index contributed by atoms with van der Waals surface area (Å²) in [6.45, 7) is 1.12. The van der Waals surface area contributed by atoms with Crippen LogP contribution in [0.2, 0.25) is 0 Å². The van der Waals surface area contributed by atoms with Crippen molar-refractivity contribution in [1.82, 2.24) is 4.90 Å². The molecule has 1 amide bonds. The summed E-state index contributed by atoms with van der Waals surface area (Å²) in [4.78, 5) is 14.1. The van der Waals surface area contributed by atoms with Crippen molar-refractivity contribution >= 4 is 5.91 Å². The first kappa shape index (κ1) is 10.8. The van der Waals surface area contributed by atoms with Crippen molar-refractivity contribution in [2.45, 2.75) is 31.9 Å². The van der Waals surface area contributed by atoms with Gasteiger partial charge in [-0.25, -0.2) is 0 Å². The van der Waals surface area contributed by atoms with Crippen LogP contribution in [0.25, 0.3) is 0 Å². The average molecular weight is 231 g/mol. The third-order valence-electron chi connectivity index (χ3n) is 4.21. The van der Waals surface area contributed by atoms with Crippen molar-refractivity contribution in [3.05, 3.63) is 35.9 Å². The second kappa shape index (κ2) is 3.84. The first-order valence-corrected chi connectivity index (χ1v) is 6.24. The van der Waals surface area contributed by atoms with Crippen molar-refractivity contribution in [2.24, 2.45) is 5.41 Å². The zero-order chi connectivity index (χ0) is 11.9. The molecule has 3 rings (SSSR count). The molecule has 1 spiro atoms. The molecule has 2 aliphatic rings. The second-order valence-electron chi connectivity index (χ2n) is 5.20. The summed E-state index contributed by atoms with van der Waals surface area (Å²) in [7, 11) is 0. The van der Waals surface area contributed by atoms with E-state index < -0.39 is 11.5 Å². The summed E-state index contributed by atoms with van der Waals surface area (Å²) >= 11 is 0. The molecule has 1 atom stereocenters. The Morgan fingerprint density at radius 3 is 2.53 bits per heavy atom. The number of amides is 1. The molecule has 1 saturated heterocycles. The van der Waals surface area contributed by atoms with E-state index in [9.17, 15) is 9.90 Å². The van der Waals surface area contributed by atoms with Crippen molar-refractivity contribution in [1.29, 1.82) is 0 Å². The third-order valence-corrected chi connectivity index (χ3v) is 4.21. The Hall–Kier alpha value is -1.35. The van der Waals surface area contributed by atoms with Gasteiger partial charge in [-0.3, -0.25) is 4.79 Å². The number of rotatable bonds is 2. The minimum Gasteiger partial charge on any atom is -0.390 e. The molecule has 0 bridgehead atoms. The molecule has 90 valence electrons. The Morgan fingerprint density at radius 1 is 1.29 bits per heavy atom. The standard InChI is InChI=1S/C14H17NO2/c16-12-10-15(9-11-5-2-1-3-6-11)13(17)14(12)7-4-8-14/h1-3,5-6,12,16H,4,7-10H2/t12-/m0/s1. The zero-order valence-electron chi connectivity index (χ0n) is 9.80. The van der Waals surface area contributed by atoms with Gasteiger partial charge < -0.3 is 10.0 Å². The van der Waals surface area contributed by atoms with Gasteiger partial charge in [0.05, 0.1) is 11.5 Å². The molecule has 1 aromatic rings. The predicted molar refractivity (Wildman–Crippen MR) is 64.1 cm³/mol. The van der Waals surface area contributed by atoms with Crippen LogP contribution in [0, 0.1) is 5.41 Å². The number of nitrogens with zero attached hydrogens (tertiary/aromatic N) is 1.